The van der Waals surface area contributed by atoms with Crippen LogP contribution in [0.25, 0.3) is 0 Å². The van der Waals surface area contributed by atoms with Crippen molar-refractivity contribution in [3.05, 3.63) is 0 Å². The summed E-state index contributed by atoms with van der Waals surface area (Å²) in [7, 11) is 0. The summed E-state index contributed by atoms with van der Waals surface area (Å²) in [5, 5.41) is 2.90. The summed E-state index contributed by atoms with van der Waals surface area (Å²) in [5.41, 5.74) is 5.36. The van der Waals surface area contributed by atoms with Gasteiger partial charge in [-0.25, -0.2) is 0 Å². The molecule has 1 aliphatic rings. The van der Waals surface area contributed by atoms with Crippen molar-refractivity contribution in [2.45, 2.75) is 45.1 Å². The van der Waals surface area contributed by atoms with E-state index in [1.54, 1.807) is 0 Å². The largest absolute Gasteiger partial charge is 0.393 e. The summed E-state index contributed by atoms with van der Waals surface area (Å²) in [6, 6.07) is 0. The van der Waals surface area contributed by atoms with E-state index in [2.05, 4.69) is 5.32 Å². The van der Waals surface area contributed by atoms with Crippen molar-refractivity contribution in [1.29, 1.82) is 0 Å². The highest BCUT2D eigenvalue weighted by Crippen LogP contribution is 2.24. The fourth-order valence-corrected chi connectivity index (χ4v) is 2.29. The van der Waals surface area contributed by atoms with Crippen LogP contribution in [-0.4, -0.2) is 29.6 Å². The second kappa shape index (κ2) is 6.31. The van der Waals surface area contributed by atoms with Crippen molar-refractivity contribution in [3.63, 3.8) is 0 Å². The second-order valence-electron chi connectivity index (χ2n) is 4.86. The summed E-state index contributed by atoms with van der Waals surface area (Å²) in [6.45, 7) is 5.35. The van der Waals surface area contributed by atoms with Gasteiger partial charge in [0, 0.05) is 13.2 Å². The zero-order valence-electron chi connectivity index (χ0n) is 10.6. The predicted octanol–water partition coefficient (Wildman–Crippen LogP) is 1.37. The van der Waals surface area contributed by atoms with E-state index in [1.165, 1.54) is 0 Å². The number of nitrogens with one attached hydrogen (secondary N) is 1. The van der Waals surface area contributed by atoms with Crippen molar-refractivity contribution in [2.24, 2.45) is 11.7 Å². The highest BCUT2D eigenvalue weighted by Gasteiger charge is 2.31. The number of rotatable bonds is 6. The van der Waals surface area contributed by atoms with Gasteiger partial charge in [-0.05, 0) is 26.2 Å². The molecule has 0 spiro atoms. The molecule has 0 bridgehead atoms. The molecule has 3 N–H and O–H groups in total. The SMILES string of the molecule is CCCC(C(=O)NCC1(C)CCCO1)C(N)=S. The molecule has 2 unspecified atom stereocenters. The lowest BCUT2D eigenvalue weighted by atomic mass is 10.0. The molecule has 17 heavy (non-hydrogen) atoms. The Morgan fingerprint density at radius 2 is 2.35 bits per heavy atom. The van der Waals surface area contributed by atoms with Crippen molar-refractivity contribution < 1.29 is 9.53 Å². The number of carbonyl (C=O) groups is 1. The maximum Gasteiger partial charge on any atom is 0.230 e. The number of amides is 1. The van der Waals surface area contributed by atoms with Gasteiger partial charge >= 0.3 is 0 Å². The van der Waals surface area contributed by atoms with Gasteiger partial charge < -0.3 is 15.8 Å². The van der Waals surface area contributed by atoms with Crippen molar-refractivity contribution in [2.75, 3.05) is 13.2 Å². The third kappa shape index (κ3) is 4.24. The molecule has 5 heteroatoms. The number of hydrogen-bond acceptors (Lipinski definition) is 3. The first-order valence-electron chi connectivity index (χ1n) is 6.19. The molecule has 0 aromatic rings. The summed E-state index contributed by atoms with van der Waals surface area (Å²) < 4.78 is 5.61. The van der Waals surface area contributed by atoms with Crippen LogP contribution >= 0.6 is 12.2 Å². The number of hydrogen-bond donors (Lipinski definition) is 2. The van der Waals surface area contributed by atoms with E-state index in [4.69, 9.17) is 22.7 Å². The molecule has 1 saturated heterocycles. The van der Waals surface area contributed by atoms with Gasteiger partial charge in [0.25, 0.3) is 0 Å². The van der Waals surface area contributed by atoms with Crippen LogP contribution in [-0.2, 0) is 9.53 Å². The Labute approximate surface area is 108 Å². The number of ether oxygens (including phenoxy) is 1. The first-order chi connectivity index (χ1) is 7.98. The lowest BCUT2D eigenvalue weighted by Crippen LogP contribution is -2.45. The maximum absolute atomic E-state index is 11.9. The molecule has 0 aromatic heterocycles. The quantitative estimate of drug-likeness (QED) is 0.706. The molecular weight excluding hydrogens is 236 g/mol. The number of thiocarbonyl (C=S) groups is 1. The van der Waals surface area contributed by atoms with E-state index in [0.29, 0.717) is 13.0 Å². The minimum absolute atomic E-state index is 0.0731. The van der Waals surface area contributed by atoms with Crippen LogP contribution < -0.4 is 11.1 Å². The Hall–Kier alpha value is -0.680. The fraction of sp³-hybridized carbons (Fsp3) is 0.833. The number of nitrogens with two attached hydrogens (primary N) is 1. The minimum atomic E-state index is -0.347. The summed E-state index contributed by atoms with van der Waals surface area (Å²) in [4.78, 5) is 12.2. The first kappa shape index (κ1) is 14.4. The lowest BCUT2D eigenvalue weighted by molar-refractivity contribution is -0.124. The van der Waals surface area contributed by atoms with E-state index in [1.807, 2.05) is 13.8 Å². The van der Waals surface area contributed by atoms with E-state index in [-0.39, 0.29) is 22.4 Å². The molecule has 1 aliphatic heterocycles. The molecule has 0 aliphatic carbocycles. The van der Waals surface area contributed by atoms with Crippen LogP contribution in [0.15, 0.2) is 0 Å². The molecule has 1 heterocycles. The maximum atomic E-state index is 11.9. The molecule has 1 amide bonds. The second-order valence-corrected chi connectivity index (χ2v) is 5.33. The topological polar surface area (TPSA) is 64.3 Å². The van der Waals surface area contributed by atoms with Gasteiger partial charge in [-0.2, -0.15) is 0 Å². The van der Waals surface area contributed by atoms with Gasteiger partial charge in [-0.1, -0.05) is 25.6 Å². The zero-order chi connectivity index (χ0) is 12.9. The van der Waals surface area contributed by atoms with Crippen molar-refractivity contribution >= 4 is 23.1 Å². The summed E-state index contributed by atoms with van der Waals surface area (Å²) >= 11 is 4.92. The van der Waals surface area contributed by atoms with Crippen molar-refractivity contribution in [1.82, 2.24) is 5.32 Å². The standard InChI is InChI=1S/C12H22N2O2S/c1-3-5-9(10(13)17)11(15)14-8-12(2)6-4-7-16-12/h9H,3-8H2,1-2H3,(H2,13,17)(H,14,15). The Morgan fingerprint density at radius 1 is 1.65 bits per heavy atom. The Bertz CT molecular complexity index is 288. The van der Waals surface area contributed by atoms with Gasteiger partial charge in [0.2, 0.25) is 5.91 Å². The average molecular weight is 258 g/mol. The predicted molar refractivity (Wildman–Crippen MR) is 71.8 cm³/mol. The Morgan fingerprint density at radius 3 is 2.82 bits per heavy atom. The highest BCUT2D eigenvalue weighted by molar-refractivity contribution is 7.80. The molecule has 2 atom stereocenters. The molecule has 98 valence electrons. The Kier molecular flexibility index (Phi) is 5.33. The molecule has 1 rings (SSSR count). The van der Waals surface area contributed by atoms with Crippen LogP contribution in [0, 0.1) is 5.92 Å². The summed E-state index contributed by atoms with van der Waals surface area (Å²) in [5.74, 6) is -0.420. The van der Waals surface area contributed by atoms with Gasteiger partial charge in [-0.3, -0.25) is 4.79 Å². The van der Waals surface area contributed by atoms with Gasteiger partial charge in [0.15, 0.2) is 0 Å². The summed E-state index contributed by atoms with van der Waals surface area (Å²) in [6.07, 6.45) is 3.64. The van der Waals surface area contributed by atoms with Crippen LogP contribution in [0.3, 0.4) is 0 Å². The van der Waals surface area contributed by atoms with Gasteiger partial charge in [0.05, 0.1) is 16.5 Å². The Balaban J connectivity index is 2.44. The van der Waals surface area contributed by atoms with Crippen LogP contribution in [0.5, 0.6) is 0 Å². The lowest BCUT2D eigenvalue weighted by Gasteiger charge is -2.24. The molecule has 4 nitrogen and oxygen atoms in total. The number of carbonyl (C=O) groups excluding carboxylic acids is 1. The molecule has 0 saturated carbocycles. The molecule has 0 aromatic carbocycles. The third-order valence-corrected chi connectivity index (χ3v) is 3.46. The zero-order valence-corrected chi connectivity index (χ0v) is 11.4. The van der Waals surface area contributed by atoms with Crippen LogP contribution in [0.4, 0.5) is 0 Å². The molecular formula is C12H22N2O2S. The van der Waals surface area contributed by atoms with E-state index in [9.17, 15) is 4.79 Å². The van der Waals surface area contributed by atoms with E-state index < -0.39 is 0 Å². The minimum Gasteiger partial charge on any atom is -0.393 e. The van der Waals surface area contributed by atoms with Crippen molar-refractivity contribution in [3.8, 4) is 0 Å². The van der Waals surface area contributed by atoms with Gasteiger partial charge in [0.1, 0.15) is 0 Å². The third-order valence-electron chi connectivity index (χ3n) is 3.17. The van der Waals surface area contributed by atoms with Crippen LogP contribution in [0.2, 0.25) is 0 Å². The highest BCUT2D eigenvalue weighted by atomic mass is 32.1. The van der Waals surface area contributed by atoms with Crippen LogP contribution in [0.1, 0.15) is 39.5 Å². The van der Waals surface area contributed by atoms with E-state index in [0.717, 1.165) is 25.9 Å². The van der Waals surface area contributed by atoms with Gasteiger partial charge in [-0.15, -0.1) is 0 Å². The monoisotopic (exact) mass is 258 g/mol. The van der Waals surface area contributed by atoms with E-state index >= 15 is 0 Å². The molecule has 1 fully saturated rings. The normalized spacial score (nSPS) is 25.5. The average Bonchev–Trinajstić information content (AvgIpc) is 2.70. The molecule has 0 radical (unpaired) electrons. The smallest absolute Gasteiger partial charge is 0.230 e. The fourth-order valence-electron chi connectivity index (χ4n) is 2.06. The first-order valence-corrected chi connectivity index (χ1v) is 6.60.